The van der Waals surface area contributed by atoms with Crippen LogP contribution in [0.4, 0.5) is 0 Å². The van der Waals surface area contributed by atoms with Gasteiger partial charge in [0, 0.05) is 57.8 Å². The number of hydrogen-bond acceptors (Lipinski definition) is 10. The molecule has 304 valence electrons. The highest BCUT2D eigenvalue weighted by atomic mass is 79.9. The fraction of sp³-hybridized carbons (Fsp3) is 0.476. The lowest BCUT2D eigenvalue weighted by molar-refractivity contribution is 0.00578. The summed E-state index contributed by atoms with van der Waals surface area (Å²) in [4.78, 5) is 35.4. The van der Waals surface area contributed by atoms with Crippen LogP contribution in [-0.2, 0) is 45.7 Å². The molecule has 3 aliphatic rings. The van der Waals surface area contributed by atoms with Crippen LogP contribution in [0.1, 0.15) is 88.2 Å². The minimum Gasteiger partial charge on any atom is -0.399 e. The van der Waals surface area contributed by atoms with E-state index in [0.29, 0.717) is 53.9 Å². The number of hydrogen-bond donors (Lipinski definition) is 0. The Kier molecular flexibility index (Phi) is 11.3. The number of benzene rings is 2. The van der Waals surface area contributed by atoms with Crippen molar-refractivity contribution in [2.45, 2.75) is 89.5 Å². The number of aromatic nitrogens is 8. The molecule has 0 atom stereocenters. The summed E-state index contributed by atoms with van der Waals surface area (Å²) in [5, 5.41) is 10.1. The minimum atomic E-state index is -0.392. The fourth-order valence-corrected chi connectivity index (χ4v) is 7.94. The van der Waals surface area contributed by atoms with Crippen LogP contribution in [0.2, 0.25) is 0 Å². The van der Waals surface area contributed by atoms with Crippen LogP contribution in [0.15, 0.2) is 75.0 Å². The molecular formula is C42H50BBrN8O6. The van der Waals surface area contributed by atoms with Gasteiger partial charge in [-0.25, -0.2) is 19.3 Å². The molecule has 0 spiro atoms. The summed E-state index contributed by atoms with van der Waals surface area (Å²) >= 11 is 3.45. The molecule has 3 fully saturated rings. The minimum absolute atomic E-state index is 0.0459. The summed E-state index contributed by atoms with van der Waals surface area (Å²) in [6, 6.07) is 16.7. The summed E-state index contributed by atoms with van der Waals surface area (Å²) in [7, 11) is 3.15. The summed E-state index contributed by atoms with van der Waals surface area (Å²) in [6.07, 6.45) is 7.99. The van der Waals surface area contributed by atoms with Gasteiger partial charge in [-0.05, 0) is 82.1 Å². The van der Waals surface area contributed by atoms with E-state index in [-0.39, 0.29) is 34.4 Å². The molecule has 0 N–H and O–H groups in total. The third-order valence-corrected chi connectivity index (χ3v) is 12.6. The van der Waals surface area contributed by atoms with Crippen LogP contribution in [0.5, 0.6) is 0 Å². The maximum absolute atomic E-state index is 13.0. The predicted molar refractivity (Wildman–Crippen MR) is 226 cm³/mol. The van der Waals surface area contributed by atoms with E-state index in [0.717, 1.165) is 65.8 Å². The zero-order valence-electron chi connectivity index (χ0n) is 34.0. The molecule has 6 aromatic rings. The van der Waals surface area contributed by atoms with Gasteiger partial charge in [-0.2, -0.15) is 10.2 Å². The molecule has 16 heteroatoms. The van der Waals surface area contributed by atoms with E-state index in [1.54, 1.807) is 35.6 Å². The van der Waals surface area contributed by atoms with E-state index in [4.69, 9.17) is 28.8 Å². The van der Waals surface area contributed by atoms with E-state index < -0.39 is 7.12 Å². The third-order valence-electron chi connectivity index (χ3n) is 12.1. The van der Waals surface area contributed by atoms with Crippen molar-refractivity contribution in [3.8, 4) is 0 Å². The lowest BCUT2D eigenvalue weighted by Gasteiger charge is -2.32. The Balaban J connectivity index is 0.000000168. The summed E-state index contributed by atoms with van der Waals surface area (Å²) in [5.74, 6) is 1.46. The van der Waals surface area contributed by atoms with Gasteiger partial charge < -0.3 is 18.8 Å². The van der Waals surface area contributed by atoms with Gasteiger partial charge in [0.05, 0.1) is 35.7 Å². The monoisotopic (exact) mass is 852 g/mol. The number of rotatable bonds is 7. The molecule has 14 nitrogen and oxygen atoms in total. The van der Waals surface area contributed by atoms with Gasteiger partial charge in [0.15, 0.2) is 11.3 Å². The molecule has 0 bridgehead atoms. The highest BCUT2D eigenvalue weighted by molar-refractivity contribution is 9.10. The standard InChI is InChI=1S/C24H31BN4O4.C18H19BrN4O2/c1-23(2)24(3,4)33-25(32-23)17-8-6-16(7-9-17)14-20-27-21-19(22(30)28(20)5)15-26-29(21)18-10-12-31-13-11-18;1-22-16(10-12-2-4-13(19)5-3-12)21-17-15(18(22)24)11-20-23(17)14-6-8-25-9-7-14/h6-9,15,18H,10-14H2,1-5H3;2-5,11,14H,6-10H2,1H3. The quantitative estimate of drug-likeness (QED) is 0.197. The highest BCUT2D eigenvalue weighted by Gasteiger charge is 2.51. The highest BCUT2D eigenvalue weighted by Crippen LogP contribution is 2.36. The lowest BCUT2D eigenvalue weighted by Crippen LogP contribution is -2.41. The molecule has 7 heterocycles. The van der Waals surface area contributed by atoms with Gasteiger partial charge in [-0.15, -0.1) is 0 Å². The van der Waals surface area contributed by atoms with Gasteiger partial charge in [0.2, 0.25) is 0 Å². The van der Waals surface area contributed by atoms with E-state index >= 15 is 0 Å². The fourth-order valence-electron chi connectivity index (χ4n) is 7.68. The van der Waals surface area contributed by atoms with Gasteiger partial charge in [0.25, 0.3) is 11.1 Å². The summed E-state index contributed by atoms with van der Waals surface area (Å²) < 4.78 is 31.3. The molecule has 2 aromatic carbocycles. The second kappa shape index (κ2) is 16.3. The van der Waals surface area contributed by atoms with Crippen molar-refractivity contribution in [3.63, 3.8) is 0 Å². The first-order chi connectivity index (χ1) is 27.8. The van der Waals surface area contributed by atoms with Crippen molar-refractivity contribution in [2.24, 2.45) is 14.1 Å². The predicted octanol–water partition coefficient (Wildman–Crippen LogP) is 5.21. The Labute approximate surface area is 345 Å². The zero-order chi connectivity index (χ0) is 40.8. The molecule has 0 unspecified atom stereocenters. The third kappa shape index (κ3) is 7.96. The van der Waals surface area contributed by atoms with Crippen molar-refractivity contribution in [1.82, 2.24) is 38.7 Å². The molecule has 58 heavy (non-hydrogen) atoms. The normalized spacial score (nSPS) is 18.5. The first-order valence-corrected chi connectivity index (χ1v) is 20.8. The maximum atomic E-state index is 13.0. The first kappa shape index (κ1) is 40.3. The molecular weight excluding hydrogens is 803 g/mol. The van der Waals surface area contributed by atoms with Crippen LogP contribution in [0, 0.1) is 0 Å². The Morgan fingerprint density at radius 3 is 1.47 bits per heavy atom. The van der Waals surface area contributed by atoms with Crippen LogP contribution in [0.25, 0.3) is 22.1 Å². The van der Waals surface area contributed by atoms with Crippen LogP contribution in [-0.4, -0.2) is 83.4 Å². The van der Waals surface area contributed by atoms with Crippen molar-refractivity contribution in [1.29, 1.82) is 0 Å². The first-order valence-electron chi connectivity index (χ1n) is 20.0. The largest absolute Gasteiger partial charge is 0.494 e. The van der Waals surface area contributed by atoms with E-state index in [9.17, 15) is 9.59 Å². The lowest BCUT2D eigenvalue weighted by atomic mass is 9.79. The molecule has 3 aliphatic heterocycles. The van der Waals surface area contributed by atoms with Gasteiger partial charge in [-0.1, -0.05) is 52.3 Å². The van der Waals surface area contributed by atoms with Gasteiger partial charge in [-0.3, -0.25) is 18.7 Å². The van der Waals surface area contributed by atoms with Gasteiger partial charge >= 0.3 is 7.12 Å². The molecule has 4 aromatic heterocycles. The molecule has 0 saturated carbocycles. The molecule has 0 aliphatic carbocycles. The van der Waals surface area contributed by atoms with E-state index in [1.807, 2.05) is 57.9 Å². The second-order valence-electron chi connectivity index (χ2n) is 16.4. The topological polar surface area (TPSA) is 142 Å². The smallest absolute Gasteiger partial charge is 0.399 e. The van der Waals surface area contributed by atoms with Crippen molar-refractivity contribution >= 4 is 50.6 Å². The van der Waals surface area contributed by atoms with Crippen molar-refractivity contribution < 1.29 is 18.8 Å². The molecule has 9 rings (SSSR count). The number of ether oxygens (including phenoxy) is 2. The zero-order valence-corrected chi connectivity index (χ0v) is 35.6. The molecule has 3 saturated heterocycles. The van der Waals surface area contributed by atoms with Crippen LogP contribution < -0.4 is 16.6 Å². The number of fused-ring (bicyclic) bond motifs is 2. The molecule has 0 radical (unpaired) electrons. The summed E-state index contributed by atoms with van der Waals surface area (Å²) in [5.41, 5.74) is 3.64. The van der Waals surface area contributed by atoms with Crippen molar-refractivity contribution in [3.05, 3.63) is 109 Å². The summed E-state index contributed by atoms with van der Waals surface area (Å²) in [6.45, 7) is 11.1. The van der Waals surface area contributed by atoms with Crippen molar-refractivity contribution in [2.75, 3.05) is 26.4 Å². The maximum Gasteiger partial charge on any atom is 0.494 e. The van der Waals surface area contributed by atoms with Gasteiger partial charge in [0.1, 0.15) is 22.4 Å². The second-order valence-corrected chi connectivity index (χ2v) is 17.3. The Morgan fingerprint density at radius 2 is 1.05 bits per heavy atom. The Bertz CT molecular complexity index is 2520. The SMILES string of the molecule is Cn1c(Cc2ccc(B3OC(C)(C)C(C)(C)O3)cc2)nc2c(cnn2C2CCOCC2)c1=O.Cn1c(Cc2ccc(Br)cc2)nc2c(cnn2C2CCOCC2)c1=O. The number of halogens is 1. The van der Waals surface area contributed by atoms with Crippen LogP contribution in [0.3, 0.4) is 0 Å². The molecule has 0 amide bonds. The average molecular weight is 854 g/mol. The average Bonchev–Trinajstić information content (AvgIpc) is 3.91. The van der Waals surface area contributed by atoms with E-state index in [1.165, 1.54) is 0 Å². The number of nitrogens with zero attached hydrogens (tertiary/aromatic N) is 8. The van der Waals surface area contributed by atoms with E-state index in [2.05, 4.69) is 53.8 Å². The van der Waals surface area contributed by atoms with Crippen LogP contribution >= 0.6 is 15.9 Å². The Morgan fingerprint density at radius 1 is 0.655 bits per heavy atom. The Hall–Kier alpha value is -4.48.